The molecule has 0 saturated heterocycles. The van der Waals surface area contributed by atoms with Gasteiger partial charge < -0.3 is 15.8 Å². The van der Waals surface area contributed by atoms with Crippen LogP contribution in [0.4, 0.5) is 9.18 Å². The van der Waals surface area contributed by atoms with E-state index in [-0.39, 0.29) is 11.9 Å². The van der Waals surface area contributed by atoms with Gasteiger partial charge in [0.25, 0.3) is 0 Å². The molecule has 0 radical (unpaired) electrons. The van der Waals surface area contributed by atoms with E-state index in [0.29, 0.717) is 25.2 Å². The molecule has 1 rings (SSSR count). The highest BCUT2D eigenvalue weighted by molar-refractivity contribution is 5.67. The lowest BCUT2D eigenvalue weighted by atomic mass is 10.1. The monoisotopic (exact) mass is 311 g/mol. The van der Waals surface area contributed by atoms with E-state index < -0.39 is 11.7 Å². The molecule has 0 saturated carbocycles. The summed E-state index contributed by atoms with van der Waals surface area (Å²) in [4.78, 5) is 13.6. The van der Waals surface area contributed by atoms with Crippen LogP contribution >= 0.6 is 0 Å². The van der Waals surface area contributed by atoms with Gasteiger partial charge in [0, 0.05) is 31.2 Å². The lowest BCUT2D eigenvalue weighted by molar-refractivity contribution is 0.0511. The second-order valence-electron chi connectivity index (χ2n) is 6.28. The number of nitrogens with zero attached hydrogens (tertiary/aromatic N) is 1. The second kappa shape index (κ2) is 8.10. The Labute approximate surface area is 131 Å². The fourth-order valence-electron chi connectivity index (χ4n) is 1.96. The van der Waals surface area contributed by atoms with Crippen molar-refractivity contribution < 1.29 is 13.9 Å². The van der Waals surface area contributed by atoms with Gasteiger partial charge in [-0.15, -0.1) is 0 Å². The zero-order chi connectivity index (χ0) is 16.8. The molecule has 0 aliphatic carbocycles. The van der Waals surface area contributed by atoms with Gasteiger partial charge >= 0.3 is 6.09 Å². The summed E-state index contributed by atoms with van der Waals surface area (Å²) in [7, 11) is 1.85. The van der Waals surface area contributed by atoms with E-state index in [2.05, 4.69) is 5.32 Å². The van der Waals surface area contributed by atoms with Crippen LogP contribution in [0.3, 0.4) is 0 Å². The van der Waals surface area contributed by atoms with E-state index >= 15 is 0 Å². The van der Waals surface area contributed by atoms with Gasteiger partial charge in [0.05, 0.1) is 0 Å². The van der Waals surface area contributed by atoms with Crippen molar-refractivity contribution in [2.45, 2.75) is 39.0 Å². The van der Waals surface area contributed by atoms with E-state index in [1.807, 2.05) is 11.9 Å². The summed E-state index contributed by atoms with van der Waals surface area (Å²) in [6, 6.07) is 6.51. The average molecular weight is 311 g/mol. The number of carbonyl (C=O) groups excluding carboxylic acids is 1. The Kier molecular flexibility index (Phi) is 6.77. The minimum Gasteiger partial charge on any atom is -0.444 e. The predicted molar refractivity (Wildman–Crippen MR) is 84.9 cm³/mol. The molecule has 1 aromatic carbocycles. The van der Waals surface area contributed by atoms with E-state index in [4.69, 9.17) is 10.5 Å². The number of hydrogen-bond donors (Lipinski definition) is 2. The molecule has 1 unspecified atom stereocenters. The number of carbonyl (C=O) groups is 1. The summed E-state index contributed by atoms with van der Waals surface area (Å²) >= 11 is 0. The largest absolute Gasteiger partial charge is 0.444 e. The van der Waals surface area contributed by atoms with Crippen LogP contribution in [-0.2, 0) is 11.3 Å². The van der Waals surface area contributed by atoms with Crippen LogP contribution in [0.2, 0.25) is 0 Å². The number of hydrogen-bond acceptors (Lipinski definition) is 4. The number of halogens is 1. The van der Waals surface area contributed by atoms with Gasteiger partial charge in [-0.1, -0.05) is 18.2 Å². The van der Waals surface area contributed by atoms with E-state index in [9.17, 15) is 9.18 Å². The maximum atomic E-state index is 13.7. The lowest BCUT2D eigenvalue weighted by Gasteiger charge is -2.28. The van der Waals surface area contributed by atoms with Gasteiger partial charge in [0.1, 0.15) is 11.4 Å². The summed E-state index contributed by atoms with van der Waals surface area (Å²) < 4.78 is 18.8. The van der Waals surface area contributed by atoms with Crippen LogP contribution < -0.4 is 11.1 Å². The van der Waals surface area contributed by atoms with Crippen LogP contribution in [-0.4, -0.2) is 42.8 Å². The maximum Gasteiger partial charge on any atom is 0.407 e. The highest BCUT2D eigenvalue weighted by Crippen LogP contribution is 2.11. The number of nitrogens with two attached hydrogens (primary N) is 1. The molecule has 0 bridgehead atoms. The minimum absolute atomic E-state index is 0.105. The summed E-state index contributed by atoms with van der Waals surface area (Å²) in [6.45, 7) is 6.52. The topological polar surface area (TPSA) is 67.6 Å². The summed E-state index contributed by atoms with van der Waals surface area (Å²) in [5.74, 6) is -0.245. The third-order valence-corrected chi connectivity index (χ3v) is 3.15. The quantitative estimate of drug-likeness (QED) is 0.844. The van der Waals surface area contributed by atoms with Gasteiger partial charge in [-0.3, -0.25) is 4.90 Å². The Bertz CT molecular complexity index is 489. The number of amides is 1. The number of ether oxygens (including phenoxy) is 1. The van der Waals surface area contributed by atoms with Gasteiger partial charge in [-0.2, -0.15) is 0 Å². The van der Waals surface area contributed by atoms with Crippen molar-refractivity contribution in [3.8, 4) is 0 Å². The van der Waals surface area contributed by atoms with Gasteiger partial charge in [-0.25, -0.2) is 9.18 Å². The van der Waals surface area contributed by atoms with Crippen LogP contribution in [0, 0.1) is 5.82 Å². The first-order valence-electron chi connectivity index (χ1n) is 7.33. The fraction of sp³-hybridized carbons (Fsp3) is 0.562. The smallest absolute Gasteiger partial charge is 0.407 e. The molecule has 5 nitrogen and oxygen atoms in total. The Morgan fingerprint density at radius 2 is 2.05 bits per heavy atom. The number of benzene rings is 1. The predicted octanol–water partition coefficient (Wildman–Crippen LogP) is 2.11. The molecule has 0 heterocycles. The van der Waals surface area contributed by atoms with Gasteiger partial charge in [0.2, 0.25) is 0 Å². The third-order valence-electron chi connectivity index (χ3n) is 3.15. The second-order valence-corrected chi connectivity index (χ2v) is 6.28. The Morgan fingerprint density at radius 1 is 1.41 bits per heavy atom. The fourth-order valence-corrected chi connectivity index (χ4v) is 1.96. The maximum absolute atomic E-state index is 13.7. The molecular weight excluding hydrogens is 285 g/mol. The molecule has 3 N–H and O–H groups in total. The van der Waals surface area contributed by atoms with Crippen molar-refractivity contribution in [3.63, 3.8) is 0 Å². The van der Waals surface area contributed by atoms with Crippen molar-refractivity contribution in [1.82, 2.24) is 10.2 Å². The lowest BCUT2D eigenvalue weighted by Crippen LogP contribution is -2.47. The Balaban J connectivity index is 2.53. The molecule has 1 amide bonds. The van der Waals surface area contributed by atoms with E-state index in [0.717, 1.165) is 0 Å². The zero-order valence-corrected chi connectivity index (χ0v) is 13.7. The van der Waals surface area contributed by atoms with Crippen molar-refractivity contribution in [3.05, 3.63) is 35.6 Å². The molecule has 124 valence electrons. The highest BCUT2D eigenvalue weighted by Gasteiger charge is 2.19. The molecule has 0 spiro atoms. The molecule has 0 aliphatic heterocycles. The van der Waals surface area contributed by atoms with E-state index in [1.54, 1.807) is 39.0 Å². The molecular formula is C16H26FN3O2. The minimum atomic E-state index is -0.540. The van der Waals surface area contributed by atoms with Crippen molar-refractivity contribution in [1.29, 1.82) is 0 Å². The summed E-state index contributed by atoms with van der Waals surface area (Å²) in [5, 5.41) is 2.69. The molecule has 1 aromatic rings. The molecule has 0 aliphatic rings. The van der Waals surface area contributed by atoms with Crippen LogP contribution in [0.15, 0.2) is 24.3 Å². The van der Waals surface area contributed by atoms with Crippen LogP contribution in [0.25, 0.3) is 0 Å². The average Bonchev–Trinajstić information content (AvgIpc) is 2.40. The number of likely N-dealkylation sites (N-methyl/N-ethyl adjacent to an activating group) is 1. The molecule has 1 atom stereocenters. The number of nitrogens with one attached hydrogen (secondary N) is 1. The third kappa shape index (κ3) is 6.41. The first-order chi connectivity index (χ1) is 10.2. The normalized spacial score (nSPS) is 13.0. The Hall–Kier alpha value is -1.66. The van der Waals surface area contributed by atoms with Crippen molar-refractivity contribution >= 4 is 6.09 Å². The summed E-state index contributed by atoms with van der Waals surface area (Å²) in [5.41, 5.74) is 5.81. The first-order valence-corrected chi connectivity index (χ1v) is 7.33. The zero-order valence-electron chi connectivity index (χ0n) is 13.7. The molecule has 22 heavy (non-hydrogen) atoms. The van der Waals surface area contributed by atoms with E-state index in [1.165, 1.54) is 6.07 Å². The van der Waals surface area contributed by atoms with Gasteiger partial charge in [-0.05, 0) is 33.9 Å². The van der Waals surface area contributed by atoms with Crippen molar-refractivity contribution in [2.75, 3.05) is 20.1 Å². The molecule has 0 fully saturated rings. The van der Waals surface area contributed by atoms with Crippen LogP contribution in [0.1, 0.15) is 26.3 Å². The molecule has 6 heteroatoms. The standard InChI is InChI=1S/C16H26FN3O2/c1-16(2,3)22-15(21)19-10-13(9-18)20(4)11-12-7-5-6-8-14(12)17/h5-8,13H,9-11,18H2,1-4H3,(H,19,21). The number of alkyl carbamates (subject to hydrolysis) is 1. The highest BCUT2D eigenvalue weighted by atomic mass is 19.1. The number of rotatable bonds is 6. The molecule has 0 aromatic heterocycles. The first kappa shape index (κ1) is 18.4. The van der Waals surface area contributed by atoms with Crippen molar-refractivity contribution in [2.24, 2.45) is 5.73 Å². The van der Waals surface area contributed by atoms with Crippen LogP contribution in [0.5, 0.6) is 0 Å². The SMILES string of the molecule is CN(Cc1ccccc1F)C(CN)CNC(=O)OC(C)(C)C. The van der Waals surface area contributed by atoms with Gasteiger partial charge in [0.15, 0.2) is 0 Å². The Morgan fingerprint density at radius 3 is 2.59 bits per heavy atom. The summed E-state index contributed by atoms with van der Waals surface area (Å²) in [6.07, 6.45) is -0.481.